The van der Waals surface area contributed by atoms with Crippen LogP contribution in [0.2, 0.25) is 0 Å². The highest BCUT2D eigenvalue weighted by molar-refractivity contribution is 7.10. The number of fused-ring (bicyclic) bond motifs is 1. The Morgan fingerprint density at radius 3 is 2.76 bits per heavy atom. The van der Waals surface area contributed by atoms with Crippen LogP contribution in [0.15, 0.2) is 41.8 Å². The SMILES string of the molecule is CC1c2ccsc2CCN1C(=O)C(C)(N)c1ccccc1. The first-order chi connectivity index (χ1) is 10.0. The summed E-state index contributed by atoms with van der Waals surface area (Å²) in [6.45, 7) is 4.64. The Labute approximate surface area is 129 Å². The van der Waals surface area contributed by atoms with Gasteiger partial charge in [-0.05, 0) is 42.8 Å². The number of hydrogen-bond donors (Lipinski definition) is 1. The summed E-state index contributed by atoms with van der Waals surface area (Å²) in [5, 5.41) is 2.11. The molecule has 1 aromatic heterocycles. The highest BCUT2D eigenvalue weighted by Gasteiger charge is 2.38. The van der Waals surface area contributed by atoms with Crippen molar-refractivity contribution in [3.63, 3.8) is 0 Å². The minimum atomic E-state index is -0.983. The van der Waals surface area contributed by atoms with Crippen molar-refractivity contribution in [2.24, 2.45) is 5.73 Å². The van der Waals surface area contributed by atoms with Crippen LogP contribution in [0.3, 0.4) is 0 Å². The molecule has 2 aromatic rings. The molecule has 21 heavy (non-hydrogen) atoms. The summed E-state index contributed by atoms with van der Waals surface area (Å²) >= 11 is 1.78. The van der Waals surface area contributed by atoms with Gasteiger partial charge in [0.25, 0.3) is 0 Å². The zero-order valence-electron chi connectivity index (χ0n) is 12.4. The molecule has 1 aliphatic rings. The Morgan fingerprint density at radius 1 is 1.33 bits per heavy atom. The summed E-state index contributed by atoms with van der Waals surface area (Å²) in [4.78, 5) is 16.3. The molecule has 2 atom stereocenters. The molecule has 2 N–H and O–H groups in total. The monoisotopic (exact) mass is 300 g/mol. The van der Waals surface area contributed by atoms with Crippen LogP contribution in [0.1, 0.15) is 35.9 Å². The second-order valence-electron chi connectivity index (χ2n) is 5.79. The fraction of sp³-hybridized carbons (Fsp3) is 0.353. The van der Waals surface area contributed by atoms with Gasteiger partial charge in [-0.3, -0.25) is 4.79 Å². The standard InChI is InChI=1S/C17H20N2OS/c1-12-14-9-11-21-15(14)8-10-19(12)16(20)17(2,18)13-6-4-3-5-7-13/h3-7,9,11-12H,8,10,18H2,1-2H3. The van der Waals surface area contributed by atoms with Crippen LogP contribution in [0, 0.1) is 0 Å². The van der Waals surface area contributed by atoms with Gasteiger partial charge in [0.2, 0.25) is 5.91 Å². The van der Waals surface area contributed by atoms with Gasteiger partial charge in [0, 0.05) is 11.4 Å². The molecule has 2 unspecified atom stereocenters. The Balaban J connectivity index is 1.89. The van der Waals surface area contributed by atoms with E-state index in [4.69, 9.17) is 5.73 Å². The summed E-state index contributed by atoms with van der Waals surface area (Å²) in [6.07, 6.45) is 0.925. The topological polar surface area (TPSA) is 46.3 Å². The van der Waals surface area contributed by atoms with E-state index in [1.54, 1.807) is 18.3 Å². The third-order valence-electron chi connectivity index (χ3n) is 4.36. The maximum atomic E-state index is 13.0. The molecule has 0 bridgehead atoms. The number of hydrogen-bond acceptors (Lipinski definition) is 3. The molecule has 3 rings (SSSR count). The number of rotatable bonds is 2. The zero-order chi connectivity index (χ0) is 15.0. The second kappa shape index (κ2) is 5.28. The largest absolute Gasteiger partial charge is 0.334 e. The van der Waals surface area contributed by atoms with E-state index < -0.39 is 5.54 Å². The van der Waals surface area contributed by atoms with Crippen LogP contribution in [0.4, 0.5) is 0 Å². The van der Waals surface area contributed by atoms with Crippen molar-refractivity contribution in [2.75, 3.05) is 6.54 Å². The molecule has 0 aliphatic carbocycles. The third-order valence-corrected chi connectivity index (χ3v) is 5.35. The van der Waals surface area contributed by atoms with Crippen molar-refractivity contribution in [3.8, 4) is 0 Å². The van der Waals surface area contributed by atoms with Crippen LogP contribution in [-0.4, -0.2) is 17.4 Å². The molecule has 3 nitrogen and oxygen atoms in total. The van der Waals surface area contributed by atoms with E-state index in [1.165, 1.54) is 10.4 Å². The highest BCUT2D eigenvalue weighted by atomic mass is 32.1. The van der Waals surface area contributed by atoms with Gasteiger partial charge in [0.1, 0.15) is 5.54 Å². The van der Waals surface area contributed by atoms with Gasteiger partial charge in [0.05, 0.1) is 6.04 Å². The predicted octanol–water partition coefficient (Wildman–Crippen LogP) is 3.07. The van der Waals surface area contributed by atoms with E-state index in [-0.39, 0.29) is 11.9 Å². The molecule has 1 aromatic carbocycles. The Bertz CT molecular complexity index is 648. The average molecular weight is 300 g/mol. The molecule has 4 heteroatoms. The van der Waals surface area contributed by atoms with Crippen LogP contribution >= 0.6 is 11.3 Å². The molecule has 0 spiro atoms. The molecule has 2 heterocycles. The van der Waals surface area contributed by atoms with Gasteiger partial charge in [-0.15, -0.1) is 11.3 Å². The number of nitrogens with zero attached hydrogens (tertiary/aromatic N) is 1. The summed E-state index contributed by atoms with van der Waals surface area (Å²) < 4.78 is 0. The van der Waals surface area contributed by atoms with E-state index >= 15 is 0 Å². The molecule has 1 aliphatic heterocycles. The van der Waals surface area contributed by atoms with Gasteiger partial charge in [-0.1, -0.05) is 30.3 Å². The molecular weight excluding hydrogens is 280 g/mol. The second-order valence-corrected chi connectivity index (χ2v) is 6.79. The molecule has 0 fully saturated rings. The highest BCUT2D eigenvalue weighted by Crippen LogP contribution is 2.35. The number of thiophene rings is 1. The fourth-order valence-electron chi connectivity index (χ4n) is 2.99. The molecule has 110 valence electrons. The maximum absolute atomic E-state index is 13.0. The van der Waals surface area contributed by atoms with E-state index in [0.29, 0.717) is 0 Å². The summed E-state index contributed by atoms with van der Waals surface area (Å²) in [5.41, 5.74) is 7.52. The van der Waals surface area contributed by atoms with Gasteiger partial charge in [-0.25, -0.2) is 0 Å². The lowest BCUT2D eigenvalue weighted by Gasteiger charge is -2.38. The molecular formula is C17H20N2OS. The normalized spacial score (nSPS) is 20.7. The summed E-state index contributed by atoms with van der Waals surface area (Å²) in [5.74, 6) is -0.00181. The van der Waals surface area contributed by atoms with Crippen molar-refractivity contribution in [2.45, 2.75) is 31.8 Å². The lowest BCUT2D eigenvalue weighted by Crippen LogP contribution is -2.53. The van der Waals surface area contributed by atoms with Gasteiger partial charge in [0.15, 0.2) is 0 Å². The summed E-state index contributed by atoms with van der Waals surface area (Å²) in [6, 6.07) is 11.8. The quantitative estimate of drug-likeness (QED) is 0.926. The zero-order valence-corrected chi connectivity index (χ0v) is 13.2. The van der Waals surface area contributed by atoms with Crippen LogP contribution in [-0.2, 0) is 16.8 Å². The number of carbonyl (C=O) groups is 1. The van der Waals surface area contributed by atoms with Gasteiger partial charge in [-0.2, -0.15) is 0 Å². The van der Waals surface area contributed by atoms with Gasteiger partial charge < -0.3 is 10.6 Å². The summed E-state index contributed by atoms with van der Waals surface area (Å²) in [7, 11) is 0. The fourth-order valence-corrected chi connectivity index (χ4v) is 3.96. The maximum Gasteiger partial charge on any atom is 0.247 e. The van der Waals surface area contributed by atoms with E-state index in [1.807, 2.05) is 35.2 Å². The van der Waals surface area contributed by atoms with Crippen LogP contribution < -0.4 is 5.73 Å². The minimum Gasteiger partial charge on any atom is -0.334 e. The van der Waals surface area contributed by atoms with Crippen LogP contribution in [0.25, 0.3) is 0 Å². The first-order valence-corrected chi connectivity index (χ1v) is 8.11. The number of amides is 1. The lowest BCUT2D eigenvalue weighted by atomic mass is 9.89. The Kier molecular flexibility index (Phi) is 3.59. The number of benzene rings is 1. The van der Waals surface area contributed by atoms with E-state index in [9.17, 15) is 4.79 Å². The average Bonchev–Trinajstić information content (AvgIpc) is 2.97. The smallest absolute Gasteiger partial charge is 0.247 e. The lowest BCUT2D eigenvalue weighted by molar-refractivity contribution is -0.139. The van der Waals surface area contributed by atoms with Gasteiger partial charge >= 0.3 is 0 Å². The molecule has 0 saturated carbocycles. The van der Waals surface area contributed by atoms with Crippen molar-refractivity contribution in [1.29, 1.82) is 0 Å². The van der Waals surface area contributed by atoms with Crippen LogP contribution in [0.5, 0.6) is 0 Å². The number of nitrogens with two attached hydrogens (primary N) is 1. The third kappa shape index (κ3) is 2.39. The van der Waals surface area contributed by atoms with Crippen molar-refractivity contribution in [3.05, 3.63) is 57.8 Å². The minimum absolute atomic E-state index is 0.00181. The van der Waals surface area contributed by atoms with Crippen molar-refractivity contribution < 1.29 is 4.79 Å². The molecule has 1 amide bonds. The van der Waals surface area contributed by atoms with E-state index in [0.717, 1.165) is 18.5 Å². The van der Waals surface area contributed by atoms with Crippen molar-refractivity contribution in [1.82, 2.24) is 4.90 Å². The Morgan fingerprint density at radius 2 is 2.05 bits per heavy atom. The Hall–Kier alpha value is -1.65. The molecule has 0 saturated heterocycles. The number of carbonyl (C=O) groups excluding carboxylic acids is 1. The first-order valence-electron chi connectivity index (χ1n) is 7.23. The molecule has 0 radical (unpaired) electrons. The van der Waals surface area contributed by atoms with E-state index in [2.05, 4.69) is 18.4 Å². The predicted molar refractivity (Wildman–Crippen MR) is 86.1 cm³/mol. The van der Waals surface area contributed by atoms with Crippen molar-refractivity contribution >= 4 is 17.2 Å². The first kappa shape index (κ1) is 14.3.